The molecule has 21 heavy (non-hydrogen) atoms. The molecule has 0 saturated carbocycles. The average Bonchev–Trinajstić information content (AvgIpc) is 2.69. The zero-order valence-corrected chi connectivity index (χ0v) is 11.2. The SMILES string of the molecule is O=CC1CCCCn2c1nc1ccc([N+](=O)[O-])cc1c2=O. The van der Waals surface area contributed by atoms with E-state index < -0.39 is 4.92 Å². The molecule has 0 spiro atoms. The quantitative estimate of drug-likeness (QED) is 0.476. The van der Waals surface area contributed by atoms with Gasteiger partial charge in [0.15, 0.2) is 0 Å². The van der Waals surface area contributed by atoms with Gasteiger partial charge in [0, 0.05) is 18.7 Å². The van der Waals surface area contributed by atoms with Crippen LogP contribution in [-0.2, 0) is 11.3 Å². The van der Waals surface area contributed by atoms with E-state index in [0.717, 1.165) is 19.1 Å². The molecule has 0 N–H and O–H groups in total. The monoisotopic (exact) mass is 287 g/mol. The van der Waals surface area contributed by atoms with Crippen LogP contribution in [0.5, 0.6) is 0 Å². The standard InChI is InChI=1S/C14H13N3O4/c18-8-9-3-1-2-6-16-13(9)15-12-5-4-10(17(20)21)7-11(12)14(16)19/h4-5,7-9H,1-3,6H2. The van der Waals surface area contributed by atoms with Gasteiger partial charge >= 0.3 is 0 Å². The van der Waals surface area contributed by atoms with Crippen molar-refractivity contribution in [1.29, 1.82) is 0 Å². The van der Waals surface area contributed by atoms with Gasteiger partial charge in [0.25, 0.3) is 11.2 Å². The number of aldehydes is 1. The van der Waals surface area contributed by atoms with Gasteiger partial charge in [-0.2, -0.15) is 0 Å². The summed E-state index contributed by atoms with van der Waals surface area (Å²) in [6, 6.07) is 4.03. The molecule has 0 fully saturated rings. The van der Waals surface area contributed by atoms with Gasteiger partial charge in [0.05, 0.1) is 21.7 Å². The molecular weight excluding hydrogens is 274 g/mol. The molecule has 7 nitrogen and oxygen atoms in total. The summed E-state index contributed by atoms with van der Waals surface area (Å²) < 4.78 is 1.48. The molecule has 1 unspecified atom stereocenters. The van der Waals surface area contributed by atoms with Crippen molar-refractivity contribution in [3.63, 3.8) is 0 Å². The Morgan fingerprint density at radius 2 is 2.19 bits per heavy atom. The van der Waals surface area contributed by atoms with Crippen LogP contribution < -0.4 is 5.56 Å². The van der Waals surface area contributed by atoms with Crippen LogP contribution in [0.1, 0.15) is 31.0 Å². The molecule has 0 bridgehead atoms. The van der Waals surface area contributed by atoms with Crippen molar-refractivity contribution in [1.82, 2.24) is 9.55 Å². The zero-order valence-electron chi connectivity index (χ0n) is 11.2. The first-order valence-electron chi connectivity index (χ1n) is 6.76. The Balaban J connectivity index is 2.31. The Kier molecular flexibility index (Phi) is 3.25. The fourth-order valence-corrected chi connectivity index (χ4v) is 2.73. The van der Waals surface area contributed by atoms with Crippen molar-refractivity contribution >= 4 is 22.9 Å². The second-order valence-electron chi connectivity index (χ2n) is 5.12. The first-order chi connectivity index (χ1) is 10.1. The minimum Gasteiger partial charge on any atom is -0.303 e. The molecule has 1 atom stereocenters. The summed E-state index contributed by atoms with van der Waals surface area (Å²) in [6.45, 7) is 0.490. The Morgan fingerprint density at radius 3 is 2.90 bits per heavy atom. The number of nitro groups is 1. The van der Waals surface area contributed by atoms with E-state index in [4.69, 9.17) is 0 Å². The minimum atomic E-state index is -0.538. The molecule has 3 rings (SSSR count). The van der Waals surface area contributed by atoms with Gasteiger partial charge in [-0.1, -0.05) is 6.42 Å². The number of hydrogen-bond donors (Lipinski definition) is 0. The lowest BCUT2D eigenvalue weighted by Crippen LogP contribution is -2.26. The van der Waals surface area contributed by atoms with E-state index in [1.807, 2.05) is 0 Å². The number of rotatable bonds is 2. The van der Waals surface area contributed by atoms with Gasteiger partial charge in [-0.15, -0.1) is 0 Å². The number of carbonyl (C=O) groups is 1. The smallest absolute Gasteiger partial charge is 0.270 e. The number of fused-ring (bicyclic) bond motifs is 2. The minimum absolute atomic E-state index is 0.137. The second-order valence-corrected chi connectivity index (χ2v) is 5.12. The lowest BCUT2D eigenvalue weighted by Gasteiger charge is -2.13. The zero-order chi connectivity index (χ0) is 15.0. The van der Waals surface area contributed by atoms with Gasteiger partial charge in [-0.3, -0.25) is 19.5 Å². The van der Waals surface area contributed by atoms with Crippen LogP contribution in [0.3, 0.4) is 0 Å². The molecule has 1 aliphatic rings. The van der Waals surface area contributed by atoms with E-state index in [1.54, 1.807) is 0 Å². The number of aromatic nitrogens is 2. The Hall–Kier alpha value is -2.57. The van der Waals surface area contributed by atoms with Crippen molar-refractivity contribution < 1.29 is 9.72 Å². The Bertz CT molecular complexity index is 797. The van der Waals surface area contributed by atoms with Crippen molar-refractivity contribution in [2.45, 2.75) is 31.7 Å². The van der Waals surface area contributed by atoms with Crippen LogP contribution in [0, 0.1) is 10.1 Å². The van der Waals surface area contributed by atoms with Crippen LogP contribution >= 0.6 is 0 Å². The van der Waals surface area contributed by atoms with E-state index >= 15 is 0 Å². The highest BCUT2D eigenvalue weighted by Gasteiger charge is 2.22. The summed E-state index contributed by atoms with van der Waals surface area (Å²) in [5.74, 6) is 0.0774. The number of carbonyl (C=O) groups excluding carboxylic acids is 1. The maximum atomic E-state index is 12.5. The van der Waals surface area contributed by atoms with Crippen molar-refractivity contribution in [3.8, 4) is 0 Å². The molecular formula is C14H13N3O4. The maximum Gasteiger partial charge on any atom is 0.270 e. The summed E-state index contributed by atoms with van der Waals surface area (Å²) >= 11 is 0. The van der Waals surface area contributed by atoms with Crippen LogP contribution in [-0.4, -0.2) is 20.8 Å². The van der Waals surface area contributed by atoms with Crippen LogP contribution in [0.4, 0.5) is 5.69 Å². The largest absolute Gasteiger partial charge is 0.303 e. The maximum absolute atomic E-state index is 12.5. The third-order valence-electron chi connectivity index (χ3n) is 3.82. The molecule has 0 amide bonds. The molecule has 1 aromatic heterocycles. The molecule has 0 radical (unpaired) electrons. The third-order valence-corrected chi connectivity index (χ3v) is 3.82. The molecule has 7 heteroatoms. The highest BCUT2D eigenvalue weighted by atomic mass is 16.6. The fraction of sp³-hybridized carbons (Fsp3) is 0.357. The van der Waals surface area contributed by atoms with E-state index in [1.165, 1.54) is 22.8 Å². The first kappa shape index (κ1) is 13.4. The van der Waals surface area contributed by atoms with Crippen LogP contribution in [0.2, 0.25) is 0 Å². The summed E-state index contributed by atoms with van der Waals surface area (Å²) in [7, 11) is 0. The normalized spacial score (nSPS) is 18.0. The number of nitro benzene ring substituents is 1. The second kappa shape index (κ2) is 5.08. The molecule has 108 valence electrons. The molecule has 2 aromatic rings. The Morgan fingerprint density at radius 1 is 1.38 bits per heavy atom. The number of hydrogen-bond acceptors (Lipinski definition) is 5. The van der Waals surface area contributed by atoms with Crippen molar-refractivity contribution in [3.05, 3.63) is 44.5 Å². The van der Waals surface area contributed by atoms with Gasteiger partial charge in [0.1, 0.15) is 12.1 Å². The highest BCUT2D eigenvalue weighted by Crippen LogP contribution is 2.24. The third kappa shape index (κ3) is 2.20. The van der Waals surface area contributed by atoms with E-state index in [-0.39, 0.29) is 22.6 Å². The summed E-state index contributed by atoms with van der Waals surface area (Å²) in [4.78, 5) is 38.5. The predicted octanol–water partition coefficient (Wildman–Crippen LogP) is 1.77. The lowest BCUT2D eigenvalue weighted by atomic mass is 10.0. The molecule has 2 heterocycles. The van der Waals surface area contributed by atoms with E-state index in [9.17, 15) is 19.7 Å². The van der Waals surface area contributed by atoms with Crippen molar-refractivity contribution in [2.24, 2.45) is 0 Å². The molecule has 1 aliphatic heterocycles. The number of non-ortho nitro benzene ring substituents is 1. The topological polar surface area (TPSA) is 95.1 Å². The van der Waals surface area contributed by atoms with E-state index in [0.29, 0.717) is 24.3 Å². The predicted molar refractivity (Wildman–Crippen MR) is 75.3 cm³/mol. The first-order valence-corrected chi connectivity index (χ1v) is 6.76. The highest BCUT2D eigenvalue weighted by molar-refractivity contribution is 5.80. The van der Waals surface area contributed by atoms with Gasteiger partial charge in [0.2, 0.25) is 0 Å². The van der Waals surface area contributed by atoms with Crippen LogP contribution in [0.25, 0.3) is 10.9 Å². The molecule has 0 aliphatic carbocycles. The van der Waals surface area contributed by atoms with Gasteiger partial charge in [-0.05, 0) is 18.9 Å². The summed E-state index contributed by atoms with van der Waals surface area (Å²) in [6.07, 6.45) is 3.14. The number of benzene rings is 1. The fourth-order valence-electron chi connectivity index (χ4n) is 2.73. The van der Waals surface area contributed by atoms with Crippen molar-refractivity contribution in [2.75, 3.05) is 0 Å². The summed E-state index contributed by atoms with van der Waals surface area (Å²) in [5.41, 5.74) is -0.0550. The molecule has 0 saturated heterocycles. The lowest BCUT2D eigenvalue weighted by molar-refractivity contribution is -0.384. The van der Waals surface area contributed by atoms with Crippen LogP contribution in [0.15, 0.2) is 23.0 Å². The van der Waals surface area contributed by atoms with Gasteiger partial charge in [-0.25, -0.2) is 4.98 Å². The Labute approximate surface area is 119 Å². The number of nitrogens with zero attached hydrogens (tertiary/aromatic N) is 3. The average molecular weight is 287 g/mol. The summed E-state index contributed by atoms with van der Waals surface area (Å²) in [5, 5.41) is 11.0. The van der Waals surface area contributed by atoms with Gasteiger partial charge < -0.3 is 4.79 Å². The van der Waals surface area contributed by atoms with E-state index in [2.05, 4.69) is 4.98 Å². The molecule has 1 aromatic carbocycles.